The molecule has 1 aromatic heterocycles. The number of ether oxygens (including phenoxy) is 2. The summed E-state index contributed by atoms with van der Waals surface area (Å²) in [7, 11) is 1.56. The van der Waals surface area contributed by atoms with Crippen molar-refractivity contribution in [1.82, 2.24) is 0 Å². The van der Waals surface area contributed by atoms with E-state index >= 15 is 0 Å². The molecule has 0 saturated heterocycles. The monoisotopic (exact) mass is 262 g/mol. The fourth-order valence-corrected chi connectivity index (χ4v) is 1.65. The van der Waals surface area contributed by atoms with E-state index in [0.29, 0.717) is 17.3 Å². The zero-order valence-electron chi connectivity index (χ0n) is 10.6. The molecular weight excluding hydrogens is 248 g/mol. The first-order valence-electron chi connectivity index (χ1n) is 5.74. The highest BCUT2D eigenvalue weighted by molar-refractivity contribution is 5.84. The average Bonchev–Trinajstić information content (AvgIpc) is 2.89. The summed E-state index contributed by atoms with van der Waals surface area (Å²) in [5.74, 6) is 0.426. The Labute approximate surface area is 110 Å². The molecule has 2 aromatic rings. The number of carbonyl (C=O) groups is 1. The molecule has 19 heavy (non-hydrogen) atoms. The number of carboxylic acids is 1. The number of benzene rings is 1. The van der Waals surface area contributed by atoms with Crippen molar-refractivity contribution < 1.29 is 23.8 Å². The van der Waals surface area contributed by atoms with E-state index in [-0.39, 0.29) is 5.76 Å². The fourth-order valence-electron chi connectivity index (χ4n) is 1.65. The maximum atomic E-state index is 10.7. The van der Waals surface area contributed by atoms with Crippen LogP contribution >= 0.6 is 0 Å². The summed E-state index contributed by atoms with van der Waals surface area (Å²) < 4.78 is 16.1. The Balaban J connectivity index is 2.15. The summed E-state index contributed by atoms with van der Waals surface area (Å²) in [4.78, 5) is 10.7. The van der Waals surface area contributed by atoms with Crippen LogP contribution in [0.15, 0.2) is 40.8 Å². The largest absolute Gasteiger partial charge is 0.493 e. The minimum absolute atomic E-state index is 0.106. The number of rotatable bonds is 5. The van der Waals surface area contributed by atoms with E-state index in [1.54, 1.807) is 32.2 Å². The van der Waals surface area contributed by atoms with Gasteiger partial charge in [0.15, 0.2) is 17.6 Å². The van der Waals surface area contributed by atoms with Gasteiger partial charge in [0.25, 0.3) is 0 Å². The summed E-state index contributed by atoms with van der Waals surface area (Å²) >= 11 is 0. The van der Waals surface area contributed by atoms with Crippen LogP contribution in [0.1, 0.15) is 29.3 Å². The van der Waals surface area contributed by atoms with Crippen LogP contribution in [-0.2, 0) is 0 Å². The van der Waals surface area contributed by atoms with Gasteiger partial charge in [0.2, 0.25) is 5.76 Å². The number of methoxy groups -OCH3 is 1. The molecule has 0 saturated carbocycles. The summed E-state index contributed by atoms with van der Waals surface area (Å²) in [5, 5.41) is 8.80. The van der Waals surface area contributed by atoms with Crippen LogP contribution in [0.3, 0.4) is 0 Å². The number of para-hydroxylation sites is 2. The zero-order chi connectivity index (χ0) is 13.8. The van der Waals surface area contributed by atoms with E-state index < -0.39 is 12.1 Å². The highest BCUT2D eigenvalue weighted by Crippen LogP contribution is 2.31. The summed E-state index contributed by atoms with van der Waals surface area (Å²) in [6, 6.07) is 10.2. The topological polar surface area (TPSA) is 68.9 Å². The number of furan rings is 1. The lowest BCUT2D eigenvalue weighted by Crippen LogP contribution is -2.03. The fraction of sp³-hybridized carbons (Fsp3) is 0.214. The Bertz CT molecular complexity index is 573. The quantitative estimate of drug-likeness (QED) is 0.896. The van der Waals surface area contributed by atoms with Gasteiger partial charge in [0.1, 0.15) is 5.76 Å². The van der Waals surface area contributed by atoms with Crippen molar-refractivity contribution in [1.29, 1.82) is 0 Å². The van der Waals surface area contributed by atoms with E-state index in [1.165, 1.54) is 6.07 Å². The third kappa shape index (κ3) is 2.88. The molecule has 5 heteroatoms. The number of aromatic carboxylic acids is 1. The molecule has 0 aliphatic carbocycles. The second kappa shape index (κ2) is 5.48. The van der Waals surface area contributed by atoms with Gasteiger partial charge in [-0.3, -0.25) is 0 Å². The SMILES string of the molecule is COc1ccccc1OC(C)c1ccc(C(=O)O)o1. The predicted molar refractivity (Wildman–Crippen MR) is 67.7 cm³/mol. The second-order valence-electron chi connectivity index (χ2n) is 3.92. The molecule has 0 aliphatic heterocycles. The molecule has 1 unspecified atom stereocenters. The zero-order valence-corrected chi connectivity index (χ0v) is 10.6. The van der Waals surface area contributed by atoms with Gasteiger partial charge in [-0.25, -0.2) is 4.79 Å². The Morgan fingerprint density at radius 1 is 1.21 bits per heavy atom. The standard InChI is InChI=1S/C14H14O5/c1-9(10-7-8-13(19-10)14(15)16)18-12-6-4-3-5-11(12)17-2/h3-9H,1-2H3,(H,15,16). The second-order valence-corrected chi connectivity index (χ2v) is 3.92. The lowest BCUT2D eigenvalue weighted by Gasteiger charge is -2.14. The Morgan fingerprint density at radius 2 is 1.89 bits per heavy atom. The van der Waals surface area contributed by atoms with Crippen LogP contribution in [0, 0.1) is 0 Å². The van der Waals surface area contributed by atoms with Gasteiger partial charge in [0.05, 0.1) is 7.11 Å². The van der Waals surface area contributed by atoms with Gasteiger partial charge in [-0.15, -0.1) is 0 Å². The summed E-state index contributed by atoms with van der Waals surface area (Å²) in [6.45, 7) is 1.77. The molecule has 2 rings (SSSR count). The Morgan fingerprint density at radius 3 is 2.47 bits per heavy atom. The van der Waals surface area contributed by atoms with Crippen molar-refractivity contribution in [2.75, 3.05) is 7.11 Å². The number of hydrogen-bond acceptors (Lipinski definition) is 4. The maximum absolute atomic E-state index is 10.7. The van der Waals surface area contributed by atoms with Crippen LogP contribution in [0.5, 0.6) is 11.5 Å². The van der Waals surface area contributed by atoms with Gasteiger partial charge >= 0.3 is 5.97 Å². The molecule has 1 heterocycles. The van der Waals surface area contributed by atoms with E-state index in [2.05, 4.69) is 0 Å². The molecule has 0 bridgehead atoms. The molecule has 0 amide bonds. The first-order chi connectivity index (χ1) is 9.11. The highest BCUT2D eigenvalue weighted by Gasteiger charge is 2.16. The van der Waals surface area contributed by atoms with Crippen molar-refractivity contribution in [2.24, 2.45) is 0 Å². The van der Waals surface area contributed by atoms with Crippen molar-refractivity contribution in [3.63, 3.8) is 0 Å². The number of carboxylic acid groups (broad SMARTS) is 1. The molecule has 5 nitrogen and oxygen atoms in total. The van der Waals surface area contributed by atoms with Crippen molar-refractivity contribution >= 4 is 5.97 Å². The van der Waals surface area contributed by atoms with E-state index in [1.807, 2.05) is 12.1 Å². The first kappa shape index (κ1) is 13.0. The van der Waals surface area contributed by atoms with E-state index in [4.69, 9.17) is 19.0 Å². The van der Waals surface area contributed by atoms with Crippen molar-refractivity contribution in [2.45, 2.75) is 13.0 Å². The van der Waals surface area contributed by atoms with E-state index in [9.17, 15) is 4.79 Å². The van der Waals surface area contributed by atoms with Crippen LogP contribution < -0.4 is 9.47 Å². The van der Waals surface area contributed by atoms with Crippen LogP contribution in [0.4, 0.5) is 0 Å². The third-order valence-corrected chi connectivity index (χ3v) is 2.61. The lowest BCUT2D eigenvalue weighted by molar-refractivity contribution is 0.0655. The maximum Gasteiger partial charge on any atom is 0.371 e. The van der Waals surface area contributed by atoms with Gasteiger partial charge in [0, 0.05) is 0 Å². The van der Waals surface area contributed by atoms with Gasteiger partial charge in [-0.2, -0.15) is 0 Å². The summed E-state index contributed by atoms with van der Waals surface area (Å²) in [6.07, 6.45) is -0.413. The molecule has 0 radical (unpaired) electrons. The molecule has 1 atom stereocenters. The highest BCUT2D eigenvalue weighted by atomic mass is 16.5. The van der Waals surface area contributed by atoms with E-state index in [0.717, 1.165) is 0 Å². The lowest BCUT2D eigenvalue weighted by atomic mass is 10.3. The normalized spacial score (nSPS) is 11.9. The van der Waals surface area contributed by atoms with Crippen molar-refractivity contribution in [3.8, 4) is 11.5 Å². The molecule has 0 aliphatic rings. The number of hydrogen-bond donors (Lipinski definition) is 1. The van der Waals surface area contributed by atoms with Crippen LogP contribution in [0.2, 0.25) is 0 Å². The Hall–Kier alpha value is -2.43. The molecule has 0 fully saturated rings. The van der Waals surface area contributed by atoms with Crippen molar-refractivity contribution in [3.05, 3.63) is 47.9 Å². The van der Waals surface area contributed by atoms with Crippen LogP contribution in [-0.4, -0.2) is 18.2 Å². The minimum atomic E-state index is -1.10. The average molecular weight is 262 g/mol. The predicted octanol–water partition coefficient (Wildman–Crippen LogP) is 3.13. The molecule has 100 valence electrons. The first-order valence-corrected chi connectivity index (χ1v) is 5.74. The third-order valence-electron chi connectivity index (χ3n) is 2.61. The Kier molecular flexibility index (Phi) is 3.75. The van der Waals surface area contributed by atoms with Crippen LogP contribution in [0.25, 0.3) is 0 Å². The molecule has 0 spiro atoms. The minimum Gasteiger partial charge on any atom is -0.493 e. The molecular formula is C14H14O5. The molecule has 1 aromatic carbocycles. The van der Waals surface area contributed by atoms with Gasteiger partial charge in [-0.05, 0) is 31.2 Å². The van der Waals surface area contributed by atoms with Gasteiger partial charge in [-0.1, -0.05) is 12.1 Å². The smallest absolute Gasteiger partial charge is 0.371 e. The summed E-state index contributed by atoms with van der Waals surface area (Å²) in [5.41, 5.74) is 0. The molecule has 1 N–H and O–H groups in total. The van der Waals surface area contributed by atoms with Gasteiger partial charge < -0.3 is 19.0 Å².